The van der Waals surface area contributed by atoms with Gasteiger partial charge in [-0.2, -0.15) is 14.0 Å². The Morgan fingerprint density at radius 3 is 2.29 bits per heavy atom. The number of nitrogens with zero attached hydrogens (tertiary/aromatic N) is 1. The number of halogens is 2. The van der Waals surface area contributed by atoms with E-state index in [9.17, 15) is 8.78 Å². The zero-order valence-corrected chi connectivity index (χ0v) is 9.86. The van der Waals surface area contributed by atoms with Gasteiger partial charge in [0, 0.05) is 0 Å². The van der Waals surface area contributed by atoms with Gasteiger partial charge in [0.1, 0.15) is 5.75 Å². The van der Waals surface area contributed by atoms with E-state index in [1.807, 2.05) is 13.8 Å². The minimum atomic E-state index is -2.82. The van der Waals surface area contributed by atoms with Gasteiger partial charge in [-0.1, -0.05) is 32.4 Å². The number of alkyl halides is 2. The lowest BCUT2D eigenvalue weighted by molar-refractivity contribution is -0.0498. The van der Waals surface area contributed by atoms with Crippen molar-refractivity contribution in [2.75, 3.05) is 0 Å². The number of hydrogen-bond acceptors (Lipinski definition) is 2. The first-order valence-corrected chi connectivity index (χ1v) is 5.52. The SMILES string of the molecule is CCC(C)C(C#N)c1ccc(OC(F)F)cc1. The normalized spacial score (nSPS) is 14.1. The minimum Gasteiger partial charge on any atom is -0.435 e. The van der Waals surface area contributed by atoms with Crippen molar-refractivity contribution in [3.63, 3.8) is 0 Å². The van der Waals surface area contributed by atoms with Gasteiger partial charge < -0.3 is 4.74 Å². The summed E-state index contributed by atoms with van der Waals surface area (Å²) >= 11 is 0. The van der Waals surface area contributed by atoms with E-state index in [0.29, 0.717) is 0 Å². The molecule has 2 unspecified atom stereocenters. The van der Waals surface area contributed by atoms with E-state index in [2.05, 4.69) is 10.8 Å². The predicted octanol–water partition coefficient (Wildman–Crippen LogP) is 3.94. The summed E-state index contributed by atoms with van der Waals surface area (Å²) in [5.74, 6) is 0.145. The Balaban J connectivity index is 2.82. The van der Waals surface area contributed by atoms with E-state index < -0.39 is 6.61 Å². The van der Waals surface area contributed by atoms with Crippen molar-refractivity contribution in [1.29, 1.82) is 5.26 Å². The fourth-order valence-electron chi connectivity index (χ4n) is 1.62. The van der Waals surface area contributed by atoms with Crippen LogP contribution in [0.2, 0.25) is 0 Å². The Bertz CT molecular complexity index is 383. The molecule has 4 heteroatoms. The van der Waals surface area contributed by atoms with Crippen molar-refractivity contribution in [2.24, 2.45) is 5.92 Å². The third-order valence-electron chi connectivity index (χ3n) is 2.82. The van der Waals surface area contributed by atoms with Crippen LogP contribution >= 0.6 is 0 Å². The highest BCUT2D eigenvalue weighted by Gasteiger charge is 2.17. The summed E-state index contributed by atoms with van der Waals surface area (Å²) in [7, 11) is 0. The van der Waals surface area contributed by atoms with Crippen molar-refractivity contribution >= 4 is 0 Å². The second-order valence-corrected chi connectivity index (χ2v) is 3.94. The molecule has 2 nitrogen and oxygen atoms in total. The van der Waals surface area contributed by atoms with E-state index in [-0.39, 0.29) is 17.6 Å². The molecule has 0 amide bonds. The Kier molecular flexibility index (Phi) is 4.89. The predicted molar refractivity (Wildman–Crippen MR) is 60.9 cm³/mol. The van der Waals surface area contributed by atoms with Crippen molar-refractivity contribution in [2.45, 2.75) is 32.8 Å². The topological polar surface area (TPSA) is 33.0 Å². The van der Waals surface area contributed by atoms with Crippen LogP contribution in [0.5, 0.6) is 5.75 Å². The van der Waals surface area contributed by atoms with Crippen molar-refractivity contribution in [1.82, 2.24) is 0 Å². The molecule has 0 saturated carbocycles. The molecule has 0 aliphatic carbocycles. The summed E-state index contributed by atoms with van der Waals surface area (Å²) in [4.78, 5) is 0. The average Bonchev–Trinajstić information content (AvgIpc) is 2.31. The summed E-state index contributed by atoms with van der Waals surface area (Å²) in [6.07, 6.45) is 0.896. The molecule has 0 fully saturated rings. The summed E-state index contributed by atoms with van der Waals surface area (Å²) in [6, 6.07) is 8.50. The number of nitriles is 1. The second kappa shape index (κ2) is 6.19. The first-order chi connectivity index (χ1) is 8.08. The van der Waals surface area contributed by atoms with Crippen molar-refractivity contribution in [3.05, 3.63) is 29.8 Å². The molecule has 0 saturated heterocycles. The molecule has 1 rings (SSSR count). The molecule has 0 aromatic heterocycles. The van der Waals surface area contributed by atoms with Crippen molar-refractivity contribution in [3.8, 4) is 11.8 Å². The Labute approximate surface area is 99.8 Å². The fourth-order valence-corrected chi connectivity index (χ4v) is 1.62. The molecular weight excluding hydrogens is 224 g/mol. The van der Waals surface area contributed by atoms with Crippen LogP contribution in [-0.2, 0) is 0 Å². The zero-order chi connectivity index (χ0) is 12.8. The molecule has 0 heterocycles. The van der Waals surface area contributed by atoms with Crippen LogP contribution in [0.1, 0.15) is 31.7 Å². The highest BCUT2D eigenvalue weighted by molar-refractivity contribution is 5.32. The zero-order valence-electron chi connectivity index (χ0n) is 9.86. The van der Waals surface area contributed by atoms with Gasteiger partial charge in [0.05, 0.1) is 12.0 Å². The second-order valence-electron chi connectivity index (χ2n) is 3.94. The molecule has 17 heavy (non-hydrogen) atoms. The fraction of sp³-hybridized carbons (Fsp3) is 0.462. The van der Waals surface area contributed by atoms with E-state index in [4.69, 9.17) is 5.26 Å². The first-order valence-electron chi connectivity index (χ1n) is 5.52. The van der Waals surface area contributed by atoms with Crippen LogP contribution in [-0.4, -0.2) is 6.61 Å². The Hall–Kier alpha value is -1.63. The maximum Gasteiger partial charge on any atom is 0.387 e. The molecular formula is C13H15F2NO. The average molecular weight is 239 g/mol. The van der Waals surface area contributed by atoms with Gasteiger partial charge in [0.2, 0.25) is 0 Å². The summed E-state index contributed by atoms with van der Waals surface area (Å²) < 4.78 is 28.2. The van der Waals surface area contributed by atoms with E-state index in [1.54, 1.807) is 12.1 Å². The van der Waals surface area contributed by atoms with Crippen molar-refractivity contribution < 1.29 is 13.5 Å². The number of hydrogen-bond donors (Lipinski definition) is 0. The third kappa shape index (κ3) is 3.70. The van der Waals surface area contributed by atoms with Crippen LogP contribution in [0.3, 0.4) is 0 Å². The van der Waals surface area contributed by atoms with Crippen LogP contribution in [0.4, 0.5) is 8.78 Å². The highest BCUT2D eigenvalue weighted by atomic mass is 19.3. The molecule has 1 aromatic carbocycles. The number of rotatable bonds is 5. The lowest BCUT2D eigenvalue weighted by Crippen LogP contribution is -2.07. The van der Waals surface area contributed by atoms with Crippen LogP contribution < -0.4 is 4.74 Å². The maximum absolute atomic E-state index is 12.0. The lowest BCUT2D eigenvalue weighted by atomic mass is 9.87. The first kappa shape index (κ1) is 13.4. The third-order valence-corrected chi connectivity index (χ3v) is 2.82. The van der Waals surface area contributed by atoms with Gasteiger partial charge in [0.15, 0.2) is 0 Å². The lowest BCUT2D eigenvalue weighted by Gasteiger charge is -2.16. The highest BCUT2D eigenvalue weighted by Crippen LogP contribution is 2.27. The van der Waals surface area contributed by atoms with Crippen LogP contribution in [0.25, 0.3) is 0 Å². The van der Waals surface area contributed by atoms with E-state index in [1.165, 1.54) is 12.1 Å². The Morgan fingerprint density at radius 1 is 1.29 bits per heavy atom. The molecule has 0 N–H and O–H groups in total. The monoisotopic (exact) mass is 239 g/mol. The summed E-state index contributed by atoms with van der Waals surface area (Å²) in [5.41, 5.74) is 0.837. The quantitative estimate of drug-likeness (QED) is 0.779. The largest absolute Gasteiger partial charge is 0.435 e. The maximum atomic E-state index is 12.0. The standard InChI is InChI=1S/C13H15F2NO/c1-3-9(2)12(8-16)10-4-6-11(7-5-10)17-13(14)15/h4-7,9,12-13H,3H2,1-2H3. The minimum absolute atomic E-state index is 0.115. The number of benzene rings is 1. The molecule has 92 valence electrons. The van der Waals surface area contributed by atoms with E-state index >= 15 is 0 Å². The summed E-state index contributed by atoms with van der Waals surface area (Å²) in [6.45, 7) is 1.20. The smallest absolute Gasteiger partial charge is 0.387 e. The summed E-state index contributed by atoms with van der Waals surface area (Å²) in [5, 5.41) is 9.09. The Morgan fingerprint density at radius 2 is 1.88 bits per heavy atom. The van der Waals surface area contributed by atoms with Gasteiger partial charge in [-0.05, 0) is 23.6 Å². The number of ether oxygens (including phenoxy) is 1. The van der Waals surface area contributed by atoms with Gasteiger partial charge in [0.25, 0.3) is 0 Å². The van der Waals surface area contributed by atoms with Crippen LogP contribution in [0, 0.1) is 17.2 Å². The molecule has 0 radical (unpaired) electrons. The molecule has 0 spiro atoms. The van der Waals surface area contributed by atoms with Gasteiger partial charge >= 0.3 is 6.61 Å². The molecule has 1 aromatic rings. The van der Waals surface area contributed by atoms with Gasteiger partial charge in [-0.25, -0.2) is 0 Å². The molecule has 0 bridgehead atoms. The molecule has 2 atom stereocenters. The van der Waals surface area contributed by atoms with Gasteiger partial charge in [-0.3, -0.25) is 0 Å². The van der Waals surface area contributed by atoms with Gasteiger partial charge in [-0.15, -0.1) is 0 Å². The molecule has 0 aliphatic heterocycles. The molecule has 0 aliphatic rings. The van der Waals surface area contributed by atoms with Crippen LogP contribution in [0.15, 0.2) is 24.3 Å². The van der Waals surface area contributed by atoms with E-state index in [0.717, 1.165) is 12.0 Å².